The minimum absolute atomic E-state index is 0.0389. The predicted octanol–water partition coefficient (Wildman–Crippen LogP) is 1.80. The van der Waals surface area contributed by atoms with Crippen molar-refractivity contribution in [3.63, 3.8) is 0 Å². The number of hydrogen-bond donors (Lipinski definition) is 2. The van der Waals surface area contributed by atoms with Crippen LogP contribution < -0.4 is 5.73 Å². The Balaban J connectivity index is 2.60. The van der Waals surface area contributed by atoms with Crippen LogP contribution in [0.25, 0.3) is 0 Å². The number of rotatable bonds is 4. The Kier molecular flexibility index (Phi) is 4.99. The van der Waals surface area contributed by atoms with Crippen molar-refractivity contribution in [2.24, 2.45) is 22.2 Å². The molecule has 0 aromatic carbocycles. The molecule has 0 saturated heterocycles. The van der Waals surface area contributed by atoms with Gasteiger partial charge in [-0.25, -0.2) is 0 Å². The predicted molar refractivity (Wildman–Crippen MR) is 71.4 cm³/mol. The molecule has 0 unspecified atom stereocenters. The van der Waals surface area contributed by atoms with Gasteiger partial charge in [-0.1, -0.05) is 24.4 Å². The summed E-state index contributed by atoms with van der Waals surface area (Å²) < 4.78 is 0. The largest absolute Gasteiger partial charge is 0.409 e. The molecule has 5 nitrogen and oxygen atoms in total. The number of carbonyl (C=O) groups excluding carboxylic acids is 1. The molecule has 0 bridgehead atoms. The zero-order valence-electron chi connectivity index (χ0n) is 11.6. The third-order valence-corrected chi connectivity index (χ3v) is 3.89. The van der Waals surface area contributed by atoms with E-state index in [9.17, 15) is 4.79 Å². The average molecular weight is 255 g/mol. The smallest absolute Gasteiger partial charge is 0.235 e. The maximum atomic E-state index is 12.3. The second-order valence-electron chi connectivity index (χ2n) is 5.80. The highest BCUT2D eigenvalue weighted by Crippen LogP contribution is 2.26. The number of amides is 1. The Bertz CT molecular complexity index is 320. The minimum Gasteiger partial charge on any atom is -0.409 e. The zero-order valence-corrected chi connectivity index (χ0v) is 11.6. The summed E-state index contributed by atoms with van der Waals surface area (Å²) in [6, 6.07) is 0. The van der Waals surface area contributed by atoms with E-state index in [2.05, 4.69) is 5.16 Å². The van der Waals surface area contributed by atoms with Crippen molar-refractivity contribution in [2.75, 3.05) is 13.6 Å². The molecule has 1 amide bonds. The van der Waals surface area contributed by atoms with Crippen LogP contribution in [0.4, 0.5) is 0 Å². The summed E-state index contributed by atoms with van der Waals surface area (Å²) in [6.45, 7) is 4.13. The van der Waals surface area contributed by atoms with Crippen LogP contribution in [0.2, 0.25) is 0 Å². The quantitative estimate of drug-likeness (QED) is 0.348. The van der Waals surface area contributed by atoms with Crippen molar-refractivity contribution in [3.8, 4) is 0 Å². The van der Waals surface area contributed by atoms with Crippen LogP contribution in [-0.2, 0) is 4.79 Å². The first-order valence-corrected chi connectivity index (χ1v) is 6.63. The monoisotopic (exact) mass is 255 g/mol. The van der Waals surface area contributed by atoms with Gasteiger partial charge in [0.1, 0.15) is 5.41 Å². The maximum Gasteiger partial charge on any atom is 0.235 e. The SMILES string of the molecule is CN(CC1CCCCC1)C(=O)C(C)(C)C(N)=NO. The van der Waals surface area contributed by atoms with Crippen LogP contribution in [0.15, 0.2) is 5.16 Å². The molecular formula is C13H25N3O2. The number of oxime groups is 1. The van der Waals surface area contributed by atoms with Gasteiger partial charge in [-0.15, -0.1) is 0 Å². The number of nitrogens with zero attached hydrogens (tertiary/aromatic N) is 2. The molecule has 0 aromatic heterocycles. The van der Waals surface area contributed by atoms with Gasteiger partial charge < -0.3 is 15.8 Å². The second kappa shape index (κ2) is 6.07. The number of nitrogens with two attached hydrogens (primary N) is 1. The molecule has 0 spiro atoms. The Morgan fingerprint density at radius 3 is 2.44 bits per heavy atom. The summed E-state index contributed by atoms with van der Waals surface area (Å²) in [7, 11) is 1.79. The molecule has 104 valence electrons. The van der Waals surface area contributed by atoms with E-state index in [1.165, 1.54) is 32.1 Å². The molecule has 0 aliphatic heterocycles. The van der Waals surface area contributed by atoms with Crippen molar-refractivity contribution in [1.29, 1.82) is 0 Å². The summed E-state index contributed by atoms with van der Waals surface area (Å²) in [5.74, 6) is 0.460. The van der Waals surface area contributed by atoms with E-state index in [1.54, 1.807) is 25.8 Å². The lowest BCUT2D eigenvalue weighted by Gasteiger charge is -2.32. The zero-order chi connectivity index (χ0) is 13.8. The fourth-order valence-corrected chi connectivity index (χ4v) is 2.55. The van der Waals surface area contributed by atoms with Crippen LogP contribution in [0.5, 0.6) is 0 Å². The first-order valence-electron chi connectivity index (χ1n) is 6.63. The Morgan fingerprint density at radius 2 is 1.94 bits per heavy atom. The van der Waals surface area contributed by atoms with Gasteiger partial charge in [0.2, 0.25) is 5.91 Å². The molecule has 0 aromatic rings. The molecule has 5 heteroatoms. The van der Waals surface area contributed by atoms with Crippen molar-refractivity contribution >= 4 is 11.7 Å². The van der Waals surface area contributed by atoms with Crippen LogP contribution in [-0.4, -0.2) is 35.4 Å². The third-order valence-electron chi connectivity index (χ3n) is 3.89. The number of amidine groups is 1. The Morgan fingerprint density at radius 1 is 1.39 bits per heavy atom. The van der Waals surface area contributed by atoms with Crippen molar-refractivity contribution in [2.45, 2.75) is 46.0 Å². The van der Waals surface area contributed by atoms with Gasteiger partial charge in [0.15, 0.2) is 5.84 Å². The molecule has 18 heavy (non-hydrogen) atoms. The van der Waals surface area contributed by atoms with Gasteiger partial charge in [-0.3, -0.25) is 4.79 Å². The molecule has 3 N–H and O–H groups in total. The molecule has 1 fully saturated rings. The van der Waals surface area contributed by atoms with Crippen LogP contribution in [0.3, 0.4) is 0 Å². The first kappa shape index (κ1) is 14.8. The van der Waals surface area contributed by atoms with Gasteiger partial charge in [-0.2, -0.15) is 0 Å². The van der Waals surface area contributed by atoms with Crippen molar-refractivity contribution < 1.29 is 10.0 Å². The molecule has 1 aliphatic rings. The summed E-state index contributed by atoms with van der Waals surface area (Å²) in [6.07, 6.45) is 6.22. The van der Waals surface area contributed by atoms with Crippen molar-refractivity contribution in [1.82, 2.24) is 4.90 Å². The highest BCUT2D eigenvalue weighted by Gasteiger charge is 2.35. The number of carbonyl (C=O) groups is 1. The van der Waals surface area contributed by atoms with E-state index in [-0.39, 0.29) is 11.7 Å². The molecule has 1 aliphatic carbocycles. The Labute approximate surface area is 109 Å². The first-order chi connectivity index (χ1) is 8.39. The van der Waals surface area contributed by atoms with Crippen LogP contribution in [0.1, 0.15) is 46.0 Å². The van der Waals surface area contributed by atoms with Gasteiger partial charge in [0.05, 0.1) is 0 Å². The molecule has 1 saturated carbocycles. The third kappa shape index (κ3) is 3.37. The second-order valence-corrected chi connectivity index (χ2v) is 5.80. The molecule has 1 rings (SSSR count). The standard InChI is InChI=1S/C13H25N3O2/c1-13(2,11(14)15-18)12(17)16(3)9-10-7-5-4-6-8-10/h10,18H,4-9H2,1-3H3,(H2,14,15). The van der Waals surface area contributed by atoms with Gasteiger partial charge in [0.25, 0.3) is 0 Å². The highest BCUT2D eigenvalue weighted by molar-refractivity contribution is 6.05. The average Bonchev–Trinajstić information content (AvgIpc) is 2.37. The lowest BCUT2D eigenvalue weighted by Crippen LogP contribution is -2.47. The molecule has 0 atom stereocenters. The van der Waals surface area contributed by atoms with E-state index in [4.69, 9.17) is 10.9 Å². The van der Waals surface area contributed by atoms with E-state index in [0.29, 0.717) is 5.92 Å². The van der Waals surface area contributed by atoms with E-state index in [0.717, 1.165) is 6.54 Å². The van der Waals surface area contributed by atoms with Gasteiger partial charge in [0, 0.05) is 13.6 Å². The van der Waals surface area contributed by atoms with E-state index < -0.39 is 5.41 Å². The fourth-order valence-electron chi connectivity index (χ4n) is 2.55. The maximum absolute atomic E-state index is 12.3. The summed E-state index contributed by atoms with van der Waals surface area (Å²) in [4.78, 5) is 14.0. The fraction of sp³-hybridized carbons (Fsp3) is 0.846. The van der Waals surface area contributed by atoms with Crippen LogP contribution in [0, 0.1) is 11.3 Å². The van der Waals surface area contributed by atoms with Gasteiger partial charge in [-0.05, 0) is 32.6 Å². The minimum atomic E-state index is -0.946. The van der Waals surface area contributed by atoms with Gasteiger partial charge >= 0.3 is 0 Å². The highest BCUT2D eigenvalue weighted by atomic mass is 16.4. The number of hydrogen-bond acceptors (Lipinski definition) is 3. The summed E-state index contributed by atoms with van der Waals surface area (Å²) >= 11 is 0. The molecule has 0 radical (unpaired) electrons. The van der Waals surface area contributed by atoms with Crippen LogP contribution >= 0.6 is 0 Å². The normalized spacial score (nSPS) is 18.7. The lowest BCUT2D eigenvalue weighted by atomic mass is 9.87. The summed E-state index contributed by atoms with van der Waals surface area (Å²) in [5, 5.41) is 11.7. The van der Waals surface area contributed by atoms with E-state index >= 15 is 0 Å². The Hall–Kier alpha value is -1.26. The molecular weight excluding hydrogens is 230 g/mol. The molecule has 0 heterocycles. The van der Waals surface area contributed by atoms with Crippen molar-refractivity contribution in [3.05, 3.63) is 0 Å². The van der Waals surface area contributed by atoms with E-state index in [1.807, 2.05) is 0 Å². The topological polar surface area (TPSA) is 78.9 Å². The summed E-state index contributed by atoms with van der Waals surface area (Å²) in [5.41, 5.74) is 4.63. The lowest BCUT2D eigenvalue weighted by molar-refractivity contribution is -0.136.